The smallest absolute Gasteiger partial charge is 0.224 e. The van der Waals surface area contributed by atoms with Crippen molar-refractivity contribution in [3.8, 4) is 0 Å². The van der Waals surface area contributed by atoms with Gasteiger partial charge in [-0.2, -0.15) is 0 Å². The van der Waals surface area contributed by atoms with E-state index in [0.29, 0.717) is 12.1 Å². The molecule has 0 saturated heterocycles. The predicted octanol–water partition coefficient (Wildman–Crippen LogP) is 3.53. The van der Waals surface area contributed by atoms with E-state index in [-0.39, 0.29) is 18.1 Å². The maximum atomic E-state index is 13.5. The number of halogens is 1. The highest BCUT2D eigenvalue weighted by Crippen LogP contribution is 2.09. The average Bonchev–Trinajstić information content (AvgIpc) is 2.61. The molecule has 0 fully saturated rings. The normalized spacial score (nSPS) is 10.8. The minimum Gasteiger partial charge on any atom is -0.352 e. The first-order chi connectivity index (χ1) is 11.6. The summed E-state index contributed by atoms with van der Waals surface area (Å²) in [7, 11) is 0. The topological polar surface area (TPSA) is 32.3 Å². The van der Waals surface area contributed by atoms with E-state index in [9.17, 15) is 9.18 Å². The number of nitrogens with zero attached hydrogens (tertiary/aromatic N) is 1. The molecule has 2 aromatic rings. The zero-order valence-corrected chi connectivity index (χ0v) is 14.4. The number of carbonyl (C=O) groups is 1. The van der Waals surface area contributed by atoms with E-state index in [2.05, 4.69) is 36.2 Å². The SMILES string of the molecule is CCN(CC)Cc1ccc(CNC(=O)Cc2ccccc2F)cc1. The lowest BCUT2D eigenvalue weighted by Gasteiger charge is -2.18. The lowest BCUT2D eigenvalue weighted by Crippen LogP contribution is -2.25. The minimum absolute atomic E-state index is 0.0622. The number of carbonyl (C=O) groups excluding carboxylic acids is 1. The number of hydrogen-bond donors (Lipinski definition) is 1. The van der Waals surface area contributed by atoms with Crippen molar-refractivity contribution in [2.45, 2.75) is 33.4 Å². The van der Waals surface area contributed by atoms with Crippen LogP contribution in [0.2, 0.25) is 0 Å². The molecule has 0 heterocycles. The van der Waals surface area contributed by atoms with Crippen molar-refractivity contribution in [2.24, 2.45) is 0 Å². The van der Waals surface area contributed by atoms with Gasteiger partial charge in [-0.1, -0.05) is 56.3 Å². The molecule has 3 nitrogen and oxygen atoms in total. The van der Waals surface area contributed by atoms with Crippen LogP contribution in [0.3, 0.4) is 0 Å². The Balaban J connectivity index is 1.83. The number of nitrogens with one attached hydrogen (secondary N) is 1. The van der Waals surface area contributed by atoms with E-state index in [4.69, 9.17) is 0 Å². The van der Waals surface area contributed by atoms with Gasteiger partial charge in [0, 0.05) is 13.1 Å². The molecule has 0 saturated carbocycles. The van der Waals surface area contributed by atoms with Gasteiger partial charge in [-0.25, -0.2) is 4.39 Å². The van der Waals surface area contributed by atoms with Crippen LogP contribution in [0.1, 0.15) is 30.5 Å². The number of benzene rings is 2. The van der Waals surface area contributed by atoms with Crippen LogP contribution in [-0.2, 0) is 24.3 Å². The van der Waals surface area contributed by atoms with Crippen molar-refractivity contribution in [3.05, 3.63) is 71.0 Å². The summed E-state index contributed by atoms with van der Waals surface area (Å²) in [5.74, 6) is -0.513. The Morgan fingerprint density at radius 3 is 2.25 bits per heavy atom. The molecular formula is C20H25FN2O. The highest BCUT2D eigenvalue weighted by Gasteiger charge is 2.07. The highest BCUT2D eigenvalue weighted by molar-refractivity contribution is 5.78. The maximum Gasteiger partial charge on any atom is 0.224 e. The molecule has 0 atom stereocenters. The zero-order chi connectivity index (χ0) is 17.4. The van der Waals surface area contributed by atoms with Crippen molar-refractivity contribution < 1.29 is 9.18 Å². The summed E-state index contributed by atoms with van der Waals surface area (Å²) in [5, 5.41) is 2.84. The van der Waals surface area contributed by atoms with Crippen LogP contribution in [0, 0.1) is 5.82 Å². The van der Waals surface area contributed by atoms with Crippen LogP contribution >= 0.6 is 0 Å². The average molecular weight is 328 g/mol. The molecule has 0 aliphatic rings. The van der Waals surface area contributed by atoms with Crippen molar-refractivity contribution in [2.75, 3.05) is 13.1 Å². The summed E-state index contributed by atoms with van der Waals surface area (Å²) in [6.07, 6.45) is 0.0622. The van der Waals surface area contributed by atoms with Crippen LogP contribution < -0.4 is 5.32 Å². The second-order valence-electron chi connectivity index (χ2n) is 5.82. The Labute approximate surface area is 143 Å². The van der Waals surface area contributed by atoms with Gasteiger partial charge in [-0.05, 0) is 35.8 Å². The van der Waals surface area contributed by atoms with E-state index in [1.165, 1.54) is 11.6 Å². The monoisotopic (exact) mass is 328 g/mol. The first kappa shape index (κ1) is 18.1. The Bertz CT molecular complexity index is 651. The molecule has 1 N–H and O–H groups in total. The lowest BCUT2D eigenvalue weighted by atomic mass is 10.1. The number of amides is 1. The largest absolute Gasteiger partial charge is 0.352 e. The van der Waals surface area contributed by atoms with Crippen LogP contribution in [-0.4, -0.2) is 23.9 Å². The molecule has 0 radical (unpaired) electrons. The van der Waals surface area contributed by atoms with E-state index in [1.807, 2.05) is 12.1 Å². The molecule has 4 heteroatoms. The van der Waals surface area contributed by atoms with Gasteiger partial charge in [0.1, 0.15) is 5.82 Å². The van der Waals surface area contributed by atoms with Gasteiger partial charge in [0.25, 0.3) is 0 Å². The molecule has 2 rings (SSSR count). The molecule has 24 heavy (non-hydrogen) atoms. The standard InChI is InChI=1S/C20H25FN2O/c1-3-23(4-2)15-17-11-9-16(10-12-17)14-22-20(24)13-18-7-5-6-8-19(18)21/h5-12H,3-4,13-15H2,1-2H3,(H,22,24). The van der Waals surface area contributed by atoms with E-state index < -0.39 is 0 Å². The maximum absolute atomic E-state index is 13.5. The van der Waals surface area contributed by atoms with Gasteiger partial charge in [0.15, 0.2) is 0 Å². The summed E-state index contributed by atoms with van der Waals surface area (Å²) in [6, 6.07) is 14.6. The molecule has 2 aromatic carbocycles. The van der Waals surface area contributed by atoms with Crippen LogP contribution in [0.4, 0.5) is 4.39 Å². The summed E-state index contributed by atoms with van der Waals surface area (Å²) in [5.41, 5.74) is 2.73. The van der Waals surface area contributed by atoms with Crippen LogP contribution in [0.15, 0.2) is 48.5 Å². The van der Waals surface area contributed by atoms with Gasteiger partial charge in [0.05, 0.1) is 6.42 Å². The second-order valence-corrected chi connectivity index (χ2v) is 5.82. The van der Waals surface area contributed by atoms with Crippen molar-refractivity contribution >= 4 is 5.91 Å². The van der Waals surface area contributed by atoms with Crippen molar-refractivity contribution in [3.63, 3.8) is 0 Å². The molecule has 0 aliphatic heterocycles. The van der Waals surface area contributed by atoms with E-state index >= 15 is 0 Å². The summed E-state index contributed by atoms with van der Waals surface area (Å²) < 4.78 is 13.5. The molecule has 1 amide bonds. The van der Waals surface area contributed by atoms with Gasteiger partial charge < -0.3 is 5.32 Å². The molecular weight excluding hydrogens is 303 g/mol. The first-order valence-corrected chi connectivity index (χ1v) is 8.42. The third kappa shape index (κ3) is 5.46. The van der Waals surface area contributed by atoms with Crippen molar-refractivity contribution in [1.29, 1.82) is 0 Å². The minimum atomic E-state index is -0.339. The highest BCUT2D eigenvalue weighted by atomic mass is 19.1. The van der Waals surface area contributed by atoms with Gasteiger partial charge >= 0.3 is 0 Å². The number of rotatable bonds is 8. The molecule has 0 bridgehead atoms. The molecule has 0 unspecified atom stereocenters. The zero-order valence-electron chi connectivity index (χ0n) is 14.4. The van der Waals surface area contributed by atoms with E-state index in [0.717, 1.165) is 25.2 Å². The van der Waals surface area contributed by atoms with Crippen LogP contribution in [0.25, 0.3) is 0 Å². The third-order valence-corrected chi connectivity index (χ3v) is 4.12. The van der Waals surface area contributed by atoms with E-state index in [1.54, 1.807) is 18.2 Å². The predicted molar refractivity (Wildman–Crippen MR) is 95.0 cm³/mol. The first-order valence-electron chi connectivity index (χ1n) is 8.42. The Kier molecular flexibility index (Phi) is 6.94. The Morgan fingerprint density at radius 1 is 1.00 bits per heavy atom. The Morgan fingerprint density at radius 2 is 1.62 bits per heavy atom. The fraction of sp³-hybridized carbons (Fsp3) is 0.350. The molecule has 0 aliphatic carbocycles. The quantitative estimate of drug-likeness (QED) is 0.804. The number of hydrogen-bond acceptors (Lipinski definition) is 2. The van der Waals surface area contributed by atoms with Gasteiger partial charge in [0.2, 0.25) is 5.91 Å². The molecule has 128 valence electrons. The summed E-state index contributed by atoms with van der Waals surface area (Å²) >= 11 is 0. The Hall–Kier alpha value is -2.20. The van der Waals surface area contributed by atoms with Crippen molar-refractivity contribution in [1.82, 2.24) is 10.2 Å². The summed E-state index contributed by atoms with van der Waals surface area (Å²) in [4.78, 5) is 14.3. The van der Waals surface area contributed by atoms with Crippen LogP contribution in [0.5, 0.6) is 0 Å². The molecule has 0 spiro atoms. The third-order valence-electron chi connectivity index (χ3n) is 4.12. The van der Waals surface area contributed by atoms with Gasteiger partial charge in [-0.15, -0.1) is 0 Å². The lowest BCUT2D eigenvalue weighted by molar-refractivity contribution is -0.120. The fourth-order valence-corrected chi connectivity index (χ4v) is 2.55. The van der Waals surface area contributed by atoms with Gasteiger partial charge in [-0.3, -0.25) is 9.69 Å². The molecule has 0 aromatic heterocycles. The fourth-order valence-electron chi connectivity index (χ4n) is 2.55. The second kappa shape index (κ2) is 9.18. The summed E-state index contributed by atoms with van der Waals surface area (Å²) in [6.45, 7) is 7.77.